The van der Waals surface area contributed by atoms with Gasteiger partial charge in [-0.25, -0.2) is 0 Å². The second kappa shape index (κ2) is 5.38. The number of hydrogen-bond acceptors (Lipinski definition) is 3. The molecule has 1 rings (SSSR count). The van der Waals surface area contributed by atoms with Gasteiger partial charge in [-0.2, -0.15) is 11.8 Å². The van der Waals surface area contributed by atoms with Crippen LogP contribution in [0.15, 0.2) is 0 Å². The fraction of sp³-hybridized carbons (Fsp3) is 1.00. The molecule has 3 heteroatoms. The molecule has 1 aliphatic heterocycles. The lowest BCUT2D eigenvalue weighted by atomic mass is 9.82. The van der Waals surface area contributed by atoms with Crippen LogP contribution in [-0.4, -0.2) is 35.3 Å². The maximum atomic E-state index is 9.70. The van der Waals surface area contributed by atoms with Crippen LogP contribution in [0.25, 0.3) is 0 Å². The van der Waals surface area contributed by atoms with Gasteiger partial charge in [0.15, 0.2) is 0 Å². The molecule has 84 valence electrons. The van der Waals surface area contributed by atoms with E-state index in [-0.39, 0.29) is 11.5 Å². The van der Waals surface area contributed by atoms with Crippen LogP contribution in [0.3, 0.4) is 0 Å². The Balaban J connectivity index is 2.32. The standard InChI is InChI=1S/C11H23NOS/c1-4-11(3,9(2)13)8-12-10-5-6-14-7-10/h9-10,12-13H,4-8H2,1-3H3. The molecule has 0 aromatic heterocycles. The third-order valence-electron chi connectivity index (χ3n) is 3.54. The van der Waals surface area contributed by atoms with Crippen LogP contribution in [0.4, 0.5) is 0 Å². The van der Waals surface area contributed by atoms with E-state index in [9.17, 15) is 5.11 Å². The lowest BCUT2D eigenvalue weighted by molar-refractivity contribution is 0.0475. The highest BCUT2D eigenvalue weighted by atomic mass is 32.2. The highest BCUT2D eigenvalue weighted by molar-refractivity contribution is 7.99. The summed E-state index contributed by atoms with van der Waals surface area (Å²) in [6.45, 7) is 7.14. The lowest BCUT2D eigenvalue weighted by Gasteiger charge is -2.33. The molecule has 0 saturated carbocycles. The zero-order chi connectivity index (χ0) is 10.6. The van der Waals surface area contributed by atoms with Crippen LogP contribution in [0.1, 0.15) is 33.6 Å². The Kier molecular flexibility index (Phi) is 4.74. The van der Waals surface area contributed by atoms with Gasteiger partial charge in [-0.05, 0) is 25.5 Å². The fourth-order valence-electron chi connectivity index (χ4n) is 1.64. The van der Waals surface area contributed by atoms with E-state index < -0.39 is 0 Å². The van der Waals surface area contributed by atoms with Gasteiger partial charge in [-0.3, -0.25) is 0 Å². The minimum atomic E-state index is -0.228. The van der Waals surface area contributed by atoms with Crippen LogP contribution < -0.4 is 5.32 Å². The van der Waals surface area contributed by atoms with Gasteiger partial charge in [-0.15, -0.1) is 0 Å². The maximum absolute atomic E-state index is 9.70. The van der Waals surface area contributed by atoms with Crippen molar-refractivity contribution in [1.29, 1.82) is 0 Å². The molecule has 0 radical (unpaired) electrons. The highest BCUT2D eigenvalue weighted by Crippen LogP contribution is 2.26. The second-order valence-corrected chi connectivity index (χ2v) is 5.77. The minimum Gasteiger partial charge on any atom is -0.393 e. The summed E-state index contributed by atoms with van der Waals surface area (Å²) >= 11 is 2.02. The number of aliphatic hydroxyl groups excluding tert-OH is 1. The van der Waals surface area contributed by atoms with Crippen molar-refractivity contribution >= 4 is 11.8 Å². The molecule has 1 heterocycles. The fourth-order valence-corrected chi connectivity index (χ4v) is 2.83. The molecule has 1 fully saturated rings. The van der Waals surface area contributed by atoms with Gasteiger partial charge >= 0.3 is 0 Å². The molecule has 2 N–H and O–H groups in total. The number of aliphatic hydroxyl groups is 1. The summed E-state index contributed by atoms with van der Waals surface area (Å²) in [5, 5.41) is 13.3. The van der Waals surface area contributed by atoms with Gasteiger partial charge in [0.1, 0.15) is 0 Å². The highest BCUT2D eigenvalue weighted by Gasteiger charge is 2.29. The van der Waals surface area contributed by atoms with Crippen LogP contribution in [0.5, 0.6) is 0 Å². The average Bonchev–Trinajstić information content (AvgIpc) is 2.66. The quantitative estimate of drug-likeness (QED) is 0.737. The largest absolute Gasteiger partial charge is 0.393 e. The summed E-state index contributed by atoms with van der Waals surface area (Å²) < 4.78 is 0. The first-order chi connectivity index (χ1) is 6.58. The molecular formula is C11H23NOS. The first-order valence-corrected chi connectivity index (χ1v) is 6.73. The molecule has 0 aromatic carbocycles. The normalized spacial score (nSPS) is 28.7. The summed E-state index contributed by atoms with van der Waals surface area (Å²) in [7, 11) is 0. The van der Waals surface area contributed by atoms with Crippen molar-refractivity contribution in [3.8, 4) is 0 Å². The van der Waals surface area contributed by atoms with E-state index in [4.69, 9.17) is 0 Å². The smallest absolute Gasteiger partial charge is 0.0577 e. The topological polar surface area (TPSA) is 32.3 Å². The van der Waals surface area contributed by atoms with Crippen molar-refractivity contribution < 1.29 is 5.11 Å². The van der Waals surface area contributed by atoms with Gasteiger partial charge in [0.2, 0.25) is 0 Å². The Labute approximate surface area is 91.9 Å². The van der Waals surface area contributed by atoms with E-state index in [1.165, 1.54) is 17.9 Å². The van der Waals surface area contributed by atoms with Crippen molar-refractivity contribution in [1.82, 2.24) is 5.32 Å². The molecule has 0 spiro atoms. The van der Waals surface area contributed by atoms with Gasteiger partial charge < -0.3 is 10.4 Å². The van der Waals surface area contributed by atoms with Crippen molar-refractivity contribution in [2.24, 2.45) is 5.41 Å². The molecule has 3 unspecified atom stereocenters. The van der Waals surface area contributed by atoms with Crippen molar-refractivity contribution in [2.75, 3.05) is 18.1 Å². The van der Waals surface area contributed by atoms with E-state index in [0.717, 1.165) is 13.0 Å². The Bertz CT molecular complexity index is 169. The number of nitrogens with one attached hydrogen (secondary N) is 1. The Hall–Kier alpha value is 0.270. The molecule has 0 bridgehead atoms. The van der Waals surface area contributed by atoms with Crippen LogP contribution in [0, 0.1) is 5.41 Å². The van der Waals surface area contributed by atoms with Gasteiger partial charge in [-0.1, -0.05) is 13.8 Å². The van der Waals surface area contributed by atoms with E-state index >= 15 is 0 Å². The number of hydrogen-bond donors (Lipinski definition) is 2. The first kappa shape index (κ1) is 12.3. The zero-order valence-electron chi connectivity index (χ0n) is 9.55. The zero-order valence-corrected chi connectivity index (χ0v) is 10.4. The Morgan fingerprint density at radius 1 is 1.64 bits per heavy atom. The molecule has 1 aliphatic rings. The van der Waals surface area contributed by atoms with Crippen molar-refractivity contribution in [3.05, 3.63) is 0 Å². The van der Waals surface area contributed by atoms with Crippen LogP contribution in [-0.2, 0) is 0 Å². The van der Waals surface area contributed by atoms with Crippen LogP contribution in [0.2, 0.25) is 0 Å². The molecule has 2 nitrogen and oxygen atoms in total. The third kappa shape index (κ3) is 3.14. The van der Waals surface area contributed by atoms with Gasteiger partial charge in [0, 0.05) is 23.8 Å². The van der Waals surface area contributed by atoms with Gasteiger partial charge in [0.25, 0.3) is 0 Å². The second-order valence-electron chi connectivity index (χ2n) is 4.62. The molecule has 1 saturated heterocycles. The number of rotatable bonds is 5. The third-order valence-corrected chi connectivity index (χ3v) is 4.70. The molecular weight excluding hydrogens is 194 g/mol. The van der Waals surface area contributed by atoms with E-state index in [2.05, 4.69) is 19.2 Å². The Morgan fingerprint density at radius 2 is 2.36 bits per heavy atom. The molecule has 14 heavy (non-hydrogen) atoms. The van der Waals surface area contributed by atoms with Crippen molar-refractivity contribution in [3.63, 3.8) is 0 Å². The summed E-state index contributed by atoms with van der Waals surface area (Å²) in [6, 6.07) is 0.671. The summed E-state index contributed by atoms with van der Waals surface area (Å²) in [5.74, 6) is 2.52. The summed E-state index contributed by atoms with van der Waals surface area (Å²) in [5.41, 5.74) is 0.0350. The maximum Gasteiger partial charge on any atom is 0.0577 e. The SMILES string of the molecule is CCC(C)(CNC1CCSC1)C(C)O. The van der Waals surface area contributed by atoms with Gasteiger partial charge in [0.05, 0.1) is 6.10 Å². The average molecular weight is 217 g/mol. The van der Waals surface area contributed by atoms with E-state index in [0.29, 0.717) is 6.04 Å². The number of thioether (sulfide) groups is 1. The van der Waals surface area contributed by atoms with E-state index in [1.54, 1.807) is 0 Å². The monoisotopic (exact) mass is 217 g/mol. The van der Waals surface area contributed by atoms with Crippen molar-refractivity contribution in [2.45, 2.75) is 45.8 Å². The lowest BCUT2D eigenvalue weighted by Crippen LogP contribution is -2.43. The Morgan fingerprint density at radius 3 is 2.79 bits per heavy atom. The van der Waals surface area contributed by atoms with Crippen LogP contribution >= 0.6 is 11.8 Å². The molecule has 0 aromatic rings. The minimum absolute atomic E-state index is 0.0350. The van der Waals surface area contributed by atoms with E-state index in [1.807, 2.05) is 18.7 Å². The summed E-state index contributed by atoms with van der Waals surface area (Å²) in [6.07, 6.45) is 2.08. The summed E-state index contributed by atoms with van der Waals surface area (Å²) in [4.78, 5) is 0. The molecule has 0 aliphatic carbocycles. The predicted octanol–water partition coefficient (Wildman–Crippen LogP) is 1.88. The first-order valence-electron chi connectivity index (χ1n) is 5.57. The predicted molar refractivity (Wildman–Crippen MR) is 63.8 cm³/mol. The molecule has 0 amide bonds. The molecule has 3 atom stereocenters.